The Labute approximate surface area is 117 Å². The SMILES string of the molecule is COc1cc(C)c(-c2cc(F)cc(Cl)c2N)cc1C. The normalized spacial score (nSPS) is 10.6. The fourth-order valence-electron chi connectivity index (χ4n) is 2.11. The highest BCUT2D eigenvalue weighted by atomic mass is 35.5. The number of ether oxygens (including phenoxy) is 1. The summed E-state index contributed by atoms with van der Waals surface area (Å²) < 4.78 is 18.8. The number of rotatable bonds is 2. The van der Waals surface area contributed by atoms with Crippen molar-refractivity contribution in [3.63, 3.8) is 0 Å². The van der Waals surface area contributed by atoms with Gasteiger partial charge < -0.3 is 10.5 Å². The molecule has 0 aromatic heterocycles. The summed E-state index contributed by atoms with van der Waals surface area (Å²) >= 11 is 5.93. The first-order valence-electron chi connectivity index (χ1n) is 5.84. The van der Waals surface area contributed by atoms with E-state index in [9.17, 15) is 4.39 Å². The number of anilines is 1. The number of methoxy groups -OCH3 is 1. The van der Waals surface area contributed by atoms with Crippen molar-refractivity contribution in [2.75, 3.05) is 12.8 Å². The third-order valence-electron chi connectivity index (χ3n) is 3.13. The lowest BCUT2D eigenvalue weighted by molar-refractivity contribution is 0.411. The largest absolute Gasteiger partial charge is 0.496 e. The maximum absolute atomic E-state index is 13.5. The molecular weight excluding hydrogens is 265 g/mol. The van der Waals surface area contributed by atoms with Gasteiger partial charge in [0.15, 0.2) is 0 Å². The number of aryl methyl sites for hydroxylation is 2. The predicted molar refractivity (Wildman–Crippen MR) is 77.3 cm³/mol. The molecule has 2 rings (SSSR count). The lowest BCUT2D eigenvalue weighted by atomic mass is 9.96. The van der Waals surface area contributed by atoms with E-state index in [-0.39, 0.29) is 5.02 Å². The van der Waals surface area contributed by atoms with E-state index in [1.807, 2.05) is 26.0 Å². The van der Waals surface area contributed by atoms with Crippen molar-refractivity contribution in [1.82, 2.24) is 0 Å². The summed E-state index contributed by atoms with van der Waals surface area (Å²) in [4.78, 5) is 0. The van der Waals surface area contributed by atoms with Crippen LogP contribution in [0.4, 0.5) is 10.1 Å². The Bertz CT molecular complexity index is 641. The molecule has 2 aromatic carbocycles. The second kappa shape index (κ2) is 5.10. The first-order valence-corrected chi connectivity index (χ1v) is 6.22. The van der Waals surface area contributed by atoms with Crippen LogP contribution in [0.5, 0.6) is 5.75 Å². The second-order valence-electron chi connectivity index (χ2n) is 4.49. The Morgan fingerprint density at radius 2 is 1.74 bits per heavy atom. The lowest BCUT2D eigenvalue weighted by Gasteiger charge is -2.14. The van der Waals surface area contributed by atoms with Gasteiger partial charge in [-0.05, 0) is 54.8 Å². The molecule has 0 saturated carbocycles. The Morgan fingerprint density at radius 1 is 1.05 bits per heavy atom. The molecule has 100 valence electrons. The third-order valence-corrected chi connectivity index (χ3v) is 3.44. The predicted octanol–water partition coefficient (Wildman–Crippen LogP) is 4.35. The van der Waals surface area contributed by atoms with Crippen LogP contribution in [0.2, 0.25) is 5.02 Å². The van der Waals surface area contributed by atoms with Crippen molar-refractivity contribution in [1.29, 1.82) is 0 Å². The van der Waals surface area contributed by atoms with Gasteiger partial charge in [0.05, 0.1) is 17.8 Å². The van der Waals surface area contributed by atoms with Crippen LogP contribution in [-0.2, 0) is 0 Å². The Hall–Kier alpha value is -1.74. The van der Waals surface area contributed by atoms with Gasteiger partial charge in [-0.3, -0.25) is 0 Å². The molecule has 0 radical (unpaired) electrons. The molecule has 0 aliphatic heterocycles. The Morgan fingerprint density at radius 3 is 2.37 bits per heavy atom. The molecule has 4 heteroatoms. The molecule has 0 bridgehead atoms. The van der Waals surface area contributed by atoms with Crippen LogP contribution in [0.25, 0.3) is 11.1 Å². The molecular formula is C15H15ClFNO. The van der Waals surface area contributed by atoms with E-state index in [4.69, 9.17) is 22.1 Å². The Balaban J connectivity index is 2.69. The highest BCUT2D eigenvalue weighted by molar-refractivity contribution is 6.33. The molecule has 2 nitrogen and oxygen atoms in total. The van der Waals surface area contributed by atoms with Crippen LogP contribution in [-0.4, -0.2) is 7.11 Å². The minimum Gasteiger partial charge on any atom is -0.496 e. The molecule has 0 saturated heterocycles. The average Bonchev–Trinajstić information content (AvgIpc) is 2.36. The molecule has 0 amide bonds. The summed E-state index contributed by atoms with van der Waals surface area (Å²) in [5.41, 5.74) is 9.71. The van der Waals surface area contributed by atoms with Crippen molar-refractivity contribution >= 4 is 17.3 Å². The van der Waals surface area contributed by atoms with Gasteiger partial charge in [0.2, 0.25) is 0 Å². The fourth-order valence-corrected chi connectivity index (χ4v) is 2.31. The van der Waals surface area contributed by atoms with Crippen LogP contribution in [0.3, 0.4) is 0 Å². The van der Waals surface area contributed by atoms with Crippen molar-refractivity contribution in [3.05, 3.63) is 46.2 Å². The molecule has 0 fully saturated rings. The Kier molecular flexibility index (Phi) is 3.67. The van der Waals surface area contributed by atoms with Crippen LogP contribution in [0.1, 0.15) is 11.1 Å². The minimum atomic E-state index is -0.401. The third kappa shape index (κ3) is 2.51. The van der Waals surface area contributed by atoms with Gasteiger partial charge in [-0.15, -0.1) is 0 Å². The summed E-state index contributed by atoms with van der Waals surface area (Å²) in [5.74, 6) is 0.393. The first-order chi connectivity index (χ1) is 8.93. The van der Waals surface area contributed by atoms with Gasteiger partial charge in [0, 0.05) is 5.56 Å². The summed E-state index contributed by atoms with van der Waals surface area (Å²) in [7, 11) is 1.62. The zero-order valence-electron chi connectivity index (χ0n) is 11.1. The van der Waals surface area contributed by atoms with Gasteiger partial charge >= 0.3 is 0 Å². The summed E-state index contributed by atoms with van der Waals surface area (Å²) in [6.07, 6.45) is 0. The molecule has 0 aliphatic carbocycles. The van der Waals surface area contributed by atoms with Crippen LogP contribution in [0.15, 0.2) is 24.3 Å². The van der Waals surface area contributed by atoms with E-state index in [1.54, 1.807) is 7.11 Å². The van der Waals surface area contributed by atoms with Crippen molar-refractivity contribution in [2.24, 2.45) is 0 Å². The van der Waals surface area contributed by atoms with Gasteiger partial charge in [0.25, 0.3) is 0 Å². The van der Waals surface area contributed by atoms with Gasteiger partial charge in [-0.25, -0.2) is 4.39 Å². The molecule has 2 aromatic rings. The molecule has 0 unspecified atom stereocenters. The standard InChI is InChI=1S/C15H15ClFNO/c1-8-5-14(19-3)9(2)4-11(8)12-6-10(17)7-13(16)15(12)18/h4-7H,18H2,1-3H3. The maximum Gasteiger partial charge on any atom is 0.125 e. The highest BCUT2D eigenvalue weighted by Crippen LogP contribution is 2.36. The van der Waals surface area contributed by atoms with Gasteiger partial charge in [-0.1, -0.05) is 11.6 Å². The lowest BCUT2D eigenvalue weighted by Crippen LogP contribution is -1.96. The van der Waals surface area contributed by atoms with E-state index in [2.05, 4.69) is 0 Å². The summed E-state index contributed by atoms with van der Waals surface area (Å²) in [6.45, 7) is 3.86. The fraction of sp³-hybridized carbons (Fsp3) is 0.200. The van der Waals surface area contributed by atoms with E-state index in [1.165, 1.54) is 12.1 Å². The van der Waals surface area contributed by atoms with E-state index >= 15 is 0 Å². The molecule has 0 atom stereocenters. The maximum atomic E-state index is 13.5. The highest BCUT2D eigenvalue weighted by Gasteiger charge is 2.13. The second-order valence-corrected chi connectivity index (χ2v) is 4.89. The topological polar surface area (TPSA) is 35.2 Å². The van der Waals surface area contributed by atoms with Crippen LogP contribution >= 0.6 is 11.6 Å². The molecule has 0 spiro atoms. The van der Waals surface area contributed by atoms with Gasteiger partial charge in [-0.2, -0.15) is 0 Å². The average molecular weight is 280 g/mol. The summed E-state index contributed by atoms with van der Waals surface area (Å²) in [5, 5.41) is 0.225. The van der Waals surface area contributed by atoms with Gasteiger partial charge in [0.1, 0.15) is 11.6 Å². The zero-order chi connectivity index (χ0) is 14.2. The van der Waals surface area contributed by atoms with Crippen LogP contribution in [0, 0.1) is 19.7 Å². The minimum absolute atomic E-state index is 0.225. The smallest absolute Gasteiger partial charge is 0.125 e. The van der Waals surface area contributed by atoms with Crippen LogP contribution < -0.4 is 10.5 Å². The van der Waals surface area contributed by atoms with E-state index < -0.39 is 5.82 Å². The van der Waals surface area contributed by atoms with E-state index in [0.717, 1.165) is 22.4 Å². The number of hydrogen-bond donors (Lipinski definition) is 1. The molecule has 19 heavy (non-hydrogen) atoms. The quantitative estimate of drug-likeness (QED) is 0.829. The number of halogens is 2. The molecule has 2 N–H and O–H groups in total. The van der Waals surface area contributed by atoms with Crippen molar-refractivity contribution in [3.8, 4) is 16.9 Å². The number of hydrogen-bond acceptors (Lipinski definition) is 2. The monoisotopic (exact) mass is 279 g/mol. The number of benzene rings is 2. The van der Waals surface area contributed by atoms with Crippen molar-refractivity contribution in [2.45, 2.75) is 13.8 Å². The molecule has 0 heterocycles. The molecule has 0 aliphatic rings. The number of nitrogen functional groups attached to an aromatic ring is 1. The van der Waals surface area contributed by atoms with E-state index in [0.29, 0.717) is 11.3 Å². The number of nitrogens with two attached hydrogens (primary N) is 1. The van der Waals surface area contributed by atoms with Crippen molar-refractivity contribution < 1.29 is 9.13 Å². The summed E-state index contributed by atoms with van der Waals surface area (Å²) in [6, 6.07) is 6.44. The zero-order valence-corrected chi connectivity index (χ0v) is 11.8. The first kappa shape index (κ1) is 13.7.